The average molecular weight is 310 g/mol. The maximum absolute atomic E-state index is 12.0. The summed E-state index contributed by atoms with van der Waals surface area (Å²) in [5, 5.41) is 1.02. The molecule has 0 unspecified atom stereocenters. The topological polar surface area (TPSA) is 84.1 Å². The van der Waals surface area contributed by atoms with E-state index in [-0.39, 0.29) is 5.56 Å². The number of thioether (sulfide) groups is 1. The number of hydrogen-bond acceptors (Lipinski definition) is 4. The number of nitrogens with two attached hydrogens (primary N) is 1. The van der Waals surface area contributed by atoms with Crippen molar-refractivity contribution >= 4 is 33.5 Å². The molecule has 3 rings (SSSR count). The minimum atomic E-state index is -0.139. The summed E-state index contributed by atoms with van der Waals surface area (Å²) < 4.78 is 0. The van der Waals surface area contributed by atoms with Gasteiger partial charge in [-0.25, -0.2) is 9.98 Å². The van der Waals surface area contributed by atoms with Gasteiger partial charge in [-0.05, 0) is 24.3 Å². The molecule has 2 aromatic carbocycles. The smallest absolute Gasteiger partial charge is 0.258 e. The van der Waals surface area contributed by atoms with Gasteiger partial charge in [0.25, 0.3) is 5.56 Å². The van der Waals surface area contributed by atoms with E-state index in [0.29, 0.717) is 27.6 Å². The molecule has 1 aromatic heterocycles. The molecule has 6 heteroatoms. The molecule has 0 aliphatic heterocycles. The lowest BCUT2D eigenvalue weighted by molar-refractivity contribution is 1.04. The van der Waals surface area contributed by atoms with Crippen LogP contribution in [0.1, 0.15) is 5.82 Å². The predicted molar refractivity (Wildman–Crippen MR) is 91.4 cm³/mol. The summed E-state index contributed by atoms with van der Waals surface area (Å²) in [7, 11) is 0. The van der Waals surface area contributed by atoms with Gasteiger partial charge >= 0.3 is 0 Å². The van der Waals surface area contributed by atoms with Gasteiger partial charge < -0.3 is 10.7 Å². The number of H-pyrrole nitrogens is 1. The van der Waals surface area contributed by atoms with Gasteiger partial charge in [-0.1, -0.05) is 42.1 Å². The normalized spacial score (nSPS) is 11.7. The summed E-state index contributed by atoms with van der Waals surface area (Å²) in [6, 6.07) is 16.7. The maximum Gasteiger partial charge on any atom is 0.258 e. The van der Waals surface area contributed by atoms with Crippen LogP contribution < -0.4 is 11.3 Å². The van der Waals surface area contributed by atoms with E-state index in [0.717, 1.165) is 5.69 Å². The molecule has 0 saturated carbocycles. The van der Waals surface area contributed by atoms with Crippen LogP contribution in [0.15, 0.2) is 64.4 Å². The van der Waals surface area contributed by atoms with Crippen LogP contribution in [-0.4, -0.2) is 15.1 Å². The zero-order chi connectivity index (χ0) is 15.4. The standard InChI is InChI=1S/C16H14N4OS/c17-16(18-11-6-2-1-3-7-11)22-10-14-19-13-9-5-4-8-12(13)15(21)20-14/h1-9H,10H2,(H2,17,18)(H,19,20,21). The molecule has 0 saturated heterocycles. The molecule has 5 nitrogen and oxygen atoms in total. The van der Waals surface area contributed by atoms with E-state index in [1.807, 2.05) is 48.5 Å². The fourth-order valence-corrected chi connectivity index (χ4v) is 2.60. The van der Waals surface area contributed by atoms with E-state index in [1.54, 1.807) is 6.07 Å². The minimum absolute atomic E-state index is 0.139. The lowest BCUT2D eigenvalue weighted by Gasteiger charge is -2.03. The highest BCUT2D eigenvalue weighted by Crippen LogP contribution is 2.15. The quantitative estimate of drug-likeness (QED) is 0.575. The van der Waals surface area contributed by atoms with Gasteiger partial charge in [0.2, 0.25) is 0 Å². The Morgan fingerprint density at radius 1 is 1.14 bits per heavy atom. The second-order valence-corrected chi connectivity index (χ2v) is 5.60. The maximum atomic E-state index is 12.0. The molecule has 0 atom stereocenters. The van der Waals surface area contributed by atoms with Crippen LogP contribution in [-0.2, 0) is 5.75 Å². The number of para-hydroxylation sites is 2. The number of nitrogens with one attached hydrogen (secondary N) is 1. The molecule has 110 valence electrons. The summed E-state index contributed by atoms with van der Waals surface area (Å²) in [6.07, 6.45) is 0. The molecule has 0 spiro atoms. The highest BCUT2D eigenvalue weighted by Gasteiger charge is 2.04. The summed E-state index contributed by atoms with van der Waals surface area (Å²) in [5.41, 5.74) is 7.24. The zero-order valence-corrected chi connectivity index (χ0v) is 12.5. The van der Waals surface area contributed by atoms with Crippen molar-refractivity contribution < 1.29 is 0 Å². The fraction of sp³-hybridized carbons (Fsp3) is 0.0625. The Morgan fingerprint density at radius 2 is 1.86 bits per heavy atom. The lowest BCUT2D eigenvalue weighted by atomic mass is 10.2. The number of aliphatic imine (C=N–C) groups is 1. The van der Waals surface area contributed by atoms with Crippen molar-refractivity contribution in [2.24, 2.45) is 10.7 Å². The third kappa shape index (κ3) is 3.35. The second-order valence-electron chi connectivity index (χ2n) is 4.60. The van der Waals surface area contributed by atoms with E-state index in [9.17, 15) is 4.79 Å². The Kier molecular flexibility index (Phi) is 4.20. The molecule has 0 bridgehead atoms. The van der Waals surface area contributed by atoms with Crippen LogP contribution in [0.4, 0.5) is 5.69 Å². The van der Waals surface area contributed by atoms with Crippen molar-refractivity contribution in [2.45, 2.75) is 5.75 Å². The van der Waals surface area contributed by atoms with E-state index in [1.165, 1.54) is 11.8 Å². The van der Waals surface area contributed by atoms with Crippen LogP contribution in [0.2, 0.25) is 0 Å². The molecule has 0 radical (unpaired) electrons. The number of amidine groups is 1. The first kappa shape index (κ1) is 14.3. The molecule has 0 aliphatic carbocycles. The predicted octanol–water partition coefficient (Wildman–Crippen LogP) is 2.80. The number of hydrogen-bond donors (Lipinski definition) is 2. The number of nitrogens with zero attached hydrogens (tertiary/aromatic N) is 2. The van der Waals surface area contributed by atoms with Crippen LogP contribution in [0.5, 0.6) is 0 Å². The molecule has 22 heavy (non-hydrogen) atoms. The Bertz CT molecular complexity index is 874. The molecule has 0 amide bonds. The summed E-state index contributed by atoms with van der Waals surface area (Å²) >= 11 is 1.34. The summed E-state index contributed by atoms with van der Waals surface area (Å²) in [5.74, 6) is 1.04. The molecule has 0 aliphatic rings. The fourth-order valence-electron chi connectivity index (χ4n) is 2.01. The van der Waals surface area contributed by atoms with Gasteiger partial charge in [-0.3, -0.25) is 4.79 Å². The van der Waals surface area contributed by atoms with Crippen molar-refractivity contribution in [3.63, 3.8) is 0 Å². The molecule has 3 aromatic rings. The number of fused-ring (bicyclic) bond motifs is 1. The van der Waals surface area contributed by atoms with Crippen molar-refractivity contribution in [2.75, 3.05) is 0 Å². The number of aromatic nitrogens is 2. The largest absolute Gasteiger partial charge is 0.378 e. The Labute approximate surface area is 131 Å². The van der Waals surface area contributed by atoms with Crippen LogP contribution >= 0.6 is 11.8 Å². The van der Waals surface area contributed by atoms with E-state index < -0.39 is 0 Å². The van der Waals surface area contributed by atoms with E-state index >= 15 is 0 Å². The third-order valence-corrected chi connectivity index (χ3v) is 3.82. The molecule has 1 heterocycles. The van der Waals surface area contributed by atoms with Crippen LogP contribution in [0.25, 0.3) is 10.9 Å². The first-order valence-corrected chi connectivity index (χ1v) is 7.71. The Balaban J connectivity index is 1.77. The van der Waals surface area contributed by atoms with Gasteiger partial charge in [0.05, 0.1) is 22.3 Å². The van der Waals surface area contributed by atoms with Gasteiger partial charge in [-0.15, -0.1) is 0 Å². The minimum Gasteiger partial charge on any atom is -0.378 e. The Morgan fingerprint density at radius 3 is 2.68 bits per heavy atom. The van der Waals surface area contributed by atoms with Crippen molar-refractivity contribution in [1.82, 2.24) is 9.97 Å². The Hall–Kier alpha value is -2.60. The lowest BCUT2D eigenvalue weighted by Crippen LogP contribution is -2.13. The number of benzene rings is 2. The van der Waals surface area contributed by atoms with Crippen molar-refractivity contribution in [1.29, 1.82) is 0 Å². The highest BCUT2D eigenvalue weighted by molar-refractivity contribution is 8.13. The highest BCUT2D eigenvalue weighted by atomic mass is 32.2. The van der Waals surface area contributed by atoms with Gasteiger partial charge in [0.1, 0.15) is 5.82 Å². The first-order chi connectivity index (χ1) is 10.7. The monoisotopic (exact) mass is 310 g/mol. The summed E-state index contributed by atoms with van der Waals surface area (Å²) in [4.78, 5) is 23.5. The van der Waals surface area contributed by atoms with E-state index in [4.69, 9.17) is 5.73 Å². The SMILES string of the molecule is NC(=Nc1ccccc1)SCc1nc2ccccc2c(=O)[nH]1. The zero-order valence-electron chi connectivity index (χ0n) is 11.7. The molecular weight excluding hydrogens is 296 g/mol. The van der Waals surface area contributed by atoms with Gasteiger partial charge in [0, 0.05) is 0 Å². The van der Waals surface area contributed by atoms with Crippen molar-refractivity contribution in [3.05, 3.63) is 70.8 Å². The van der Waals surface area contributed by atoms with Crippen LogP contribution in [0.3, 0.4) is 0 Å². The average Bonchev–Trinajstić information content (AvgIpc) is 2.54. The summed E-state index contributed by atoms with van der Waals surface area (Å²) in [6.45, 7) is 0. The van der Waals surface area contributed by atoms with Crippen molar-refractivity contribution in [3.8, 4) is 0 Å². The number of aromatic amines is 1. The molecule has 0 fully saturated rings. The second kappa shape index (κ2) is 6.44. The van der Waals surface area contributed by atoms with E-state index in [2.05, 4.69) is 15.0 Å². The van der Waals surface area contributed by atoms with Gasteiger partial charge in [-0.2, -0.15) is 0 Å². The third-order valence-electron chi connectivity index (χ3n) is 3.01. The number of rotatable bonds is 3. The first-order valence-electron chi connectivity index (χ1n) is 6.72. The molecule has 3 N–H and O–H groups in total. The van der Waals surface area contributed by atoms with Gasteiger partial charge in [0.15, 0.2) is 5.17 Å². The van der Waals surface area contributed by atoms with Crippen LogP contribution in [0, 0.1) is 0 Å². The molecular formula is C16H14N4OS.